The van der Waals surface area contributed by atoms with Crippen molar-refractivity contribution in [3.05, 3.63) is 63.7 Å². The van der Waals surface area contributed by atoms with Crippen LogP contribution in [0.2, 0.25) is 5.02 Å². The second kappa shape index (κ2) is 6.15. The zero-order valence-corrected chi connectivity index (χ0v) is 14.5. The Bertz CT molecular complexity index is 903. The van der Waals surface area contributed by atoms with Crippen molar-refractivity contribution in [1.82, 2.24) is 0 Å². The molecule has 0 aromatic heterocycles. The zero-order chi connectivity index (χ0) is 17.5. The van der Waals surface area contributed by atoms with Crippen molar-refractivity contribution in [1.29, 1.82) is 0 Å². The average Bonchev–Trinajstić information content (AvgIpc) is 2.61. The Balaban J connectivity index is 2.23. The second-order valence-electron chi connectivity index (χ2n) is 5.02. The Kier molecular flexibility index (Phi) is 4.32. The number of hydrogen-bond donors (Lipinski definition) is 1. The van der Waals surface area contributed by atoms with E-state index in [1.54, 1.807) is 24.3 Å². The van der Waals surface area contributed by atoms with Crippen molar-refractivity contribution in [2.24, 2.45) is 0 Å². The van der Waals surface area contributed by atoms with Crippen LogP contribution in [0.4, 0.5) is 5.69 Å². The predicted molar refractivity (Wildman–Crippen MR) is 90.0 cm³/mol. The van der Waals surface area contributed by atoms with Gasteiger partial charge in [-0.3, -0.25) is 23.7 Å². The van der Waals surface area contributed by atoms with Crippen LogP contribution >= 0.6 is 19.3 Å². The molecule has 0 amide bonds. The van der Waals surface area contributed by atoms with Gasteiger partial charge in [0.05, 0.1) is 21.8 Å². The molecule has 8 heteroatoms. The molecule has 0 saturated carbocycles. The molecule has 3 rings (SSSR count). The standard InChI is InChI=1S/C16H13ClNO5P/c1-22-24(21,23-2)18-12-8-7-11(17)13-14(12)16(20)10-6-4-3-5-9(10)15(13)19/h3-8H,1-2H3,(H,18,21). The average molecular weight is 366 g/mol. The first-order valence-electron chi connectivity index (χ1n) is 6.92. The highest BCUT2D eigenvalue weighted by Crippen LogP contribution is 2.48. The van der Waals surface area contributed by atoms with Crippen LogP contribution in [0.3, 0.4) is 0 Å². The lowest BCUT2D eigenvalue weighted by molar-refractivity contribution is 0.0980. The van der Waals surface area contributed by atoms with E-state index in [9.17, 15) is 14.2 Å². The molecular formula is C16H13ClNO5P. The summed E-state index contributed by atoms with van der Waals surface area (Å²) in [6.45, 7) is 0. The summed E-state index contributed by atoms with van der Waals surface area (Å²) in [4.78, 5) is 25.6. The Morgan fingerprint density at radius 3 is 2.00 bits per heavy atom. The highest BCUT2D eigenvalue weighted by Gasteiger charge is 2.35. The van der Waals surface area contributed by atoms with Gasteiger partial charge in [-0.05, 0) is 12.1 Å². The van der Waals surface area contributed by atoms with Crippen LogP contribution in [0.5, 0.6) is 0 Å². The highest BCUT2D eigenvalue weighted by molar-refractivity contribution is 7.55. The topological polar surface area (TPSA) is 81.7 Å². The number of benzene rings is 2. The largest absolute Gasteiger partial charge is 0.432 e. The Labute approximate surface area is 143 Å². The maximum Gasteiger partial charge on any atom is 0.432 e. The van der Waals surface area contributed by atoms with E-state index in [4.69, 9.17) is 20.6 Å². The van der Waals surface area contributed by atoms with Crippen LogP contribution in [0.15, 0.2) is 36.4 Å². The lowest BCUT2D eigenvalue weighted by atomic mass is 9.83. The van der Waals surface area contributed by atoms with Crippen LogP contribution in [0.25, 0.3) is 0 Å². The number of anilines is 1. The molecule has 0 saturated heterocycles. The molecule has 0 heterocycles. The number of ketones is 2. The molecule has 1 N–H and O–H groups in total. The Hall–Kier alpha value is -1.98. The molecule has 0 spiro atoms. The first-order valence-corrected chi connectivity index (χ1v) is 8.84. The normalized spacial score (nSPS) is 13.5. The van der Waals surface area contributed by atoms with E-state index >= 15 is 0 Å². The molecule has 2 aromatic carbocycles. The van der Waals surface area contributed by atoms with Gasteiger partial charge in [-0.15, -0.1) is 0 Å². The number of fused-ring (bicyclic) bond motifs is 2. The van der Waals surface area contributed by atoms with E-state index in [-0.39, 0.29) is 44.5 Å². The van der Waals surface area contributed by atoms with Gasteiger partial charge in [-0.1, -0.05) is 35.9 Å². The third-order valence-corrected chi connectivity index (χ3v) is 5.55. The predicted octanol–water partition coefficient (Wildman–Crippen LogP) is 3.93. The lowest BCUT2D eigenvalue weighted by Crippen LogP contribution is -2.23. The van der Waals surface area contributed by atoms with Crippen LogP contribution in [0.1, 0.15) is 31.8 Å². The summed E-state index contributed by atoms with van der Waals surface area (Å²) in [6.07, 6.45) is 0. The number of nitrogens with one attached hydrogen (secondary N) is 1. The van der Waals surface area contributed by atoms with Gasteiger partial charge in [0.1, 0.15) is 0 Å². The summed E-state index contributed by atoms with van der Waals surface area (Å²) >= 11 is 6.15. The molecule has 0 unspecified atom stereocenters. The van der Waals surface area contributed by atoms with Gasteiger partial charge in [-0.2, -0.15) is 0 Å². The second-order valence-corrected chi connectivity index (χ2v) is 7.38. The van der Waals surface area contributed by atoms with Gasteiger partial charge in [0.15, 0.2) is 11.6 Å². The molecule has 1 aliphatic carbocycles. The summed E-state index contributed by atoms with van der Waals surface area (Å²) in [5.74, 6) is -0.748. The summed E-state index contributed by atoms with van der Waals surface area (Å²) in [5, 5.41) is 2.72. The van der Waals surface area contributed by atoms with Gasteiger partial charge in [-0.25, -0.2) is 4.57 Å². The number of rotatable bonds is 4. The number of hydrogen-bond acceptors (Lipinski definition) is 5. The minimum Gasteiger partial charge on any atom is -0.296 e. The summed E-state index contributed by atoms with van der Waals surface area (Å²) in [5.41, 5.74) is 0.847. The van der Waals surface area contributed by atoms with Crippen molar-refractivity contribution in [3.8, 4) is 0 Å². The van der Waals surface area contributed by atoms with E-state index < -0.39 is 7.75 Å². The van der Waals surface area contributed by atoms with Crippen LogP contribution in [-0.4, -0.2) is 25.8 Å². The fraction of sp³-hybridized carbons (Fsp3) is 0.125. The molecule has 0 bridgehead atoms. The maximum atomic E-state index is 12.9. The molecule has 2 aromatic rings. The molecule has 6 nitrogen and oxygen atoms in total. The van der Waals surface area contributed by atoms with Gasteiger partial charge >= 0.3 is 7.75 Å². The first kappa shape index (κ1) is 16.9. The van der Waals surface area contributed by atoms with Gasteiger partial charge in [0, 0.05) is 25.3 Å². The van der Waals surface area contributed by atoms with Gasteiger partial charge in [0.2, 0.25) is 0 Å². The van der Waals surface area contributed by atoms with Crippen molar-refractivity contribution in [2.75, 3.05) is 19.3 Å². The molecule has 0 radical (unpaired) electrons. The SMILES string of the molecule is COP(=O)(Nc1ccc(Cl)c2c1C(=O)c1ccccc1C2=O)OC. The fourth-order valence-corrected chi connectivity index (χ4v) is 3.65. The summed E-state index contributed by atoms with van der Waals surface area (Å²) in [6, 6.07) is 9.40. The summed E-state index contributed by atoms with van der Waals surface area (Å²) in [7, 11) is -1.23. The highest BCUT2D eigenvalue weighted by atomic mass is 35.5. The number of carbonyl (C=O) groups excluding carboxylic acids is 2. The van der Waals surface area contributed by atoms with E-state index in [1.807, 2.05) is 0 Å². The molecule has 24 heavy (non-hydrogen) atoms. The molecule has 124 valence electrons. The van der Waals surface area contributed by atoms with Crippen LogP contribution in [-0.2, 0) is 13.6 Å². The zero-order valence-electron chi connectivity index (χ0n) is 12.8. The van der Waals surface area contributed by atoms with E-state index in [0.717, 1.165) is 0 Å². The third kappa shape index (κ3) is 2.58. The minimum atomic E-state index is -3.65. The van der Waals surface area contributed by atoms with Crippen LogP contribution in [0, 0.1) is 0 Å². The van der Waals surface area contributed by atoms with Crippen LogP contribution < -0.4 is 5.09 Å². The molecular weight excluding hydrogens is 353 g/mol. The first-order chi connectivity index (χ1) is 11.4. The Morgan fingerprint density at radius 2 is 1.46 bits per heavy atom. The van der Waals surface area contributed by atoms with E-state index in [2.05, 4.69) is 5.09 Å². The van der Waals surface area contributed by atoms with Crippen molar-refractivity contribution < 1.29 is 23.2 Å². The monoisotopic (exact) mass is 365 g/mol. The fourth-order valence-electron chi connectivity index (χ4n) is 2.59. The molecule has 1 aliphatic rings. The van der Waals surface area contributed by atoms with Crippen molar-refractivity contribution in [3.63, 3.8) is 0 Å². The molecule has 0 atom stereocenters. The number of carbonyl (C=O) groups is 2. The quantitative estimate of drug-likeness (QED) is 0.705. The minimum absolute atomic E-state index is 0.0560. The van der Waals surface area contributed by atoms with Crippen molar-refractivity contribution >= 4 is 36.6 Å². The Morgan fingerprint density at radius 1 is 0.917 bits per heavy atom. The lowest BCUT2D eigenvalue weighted by Gasteiger charge is -2.23. The smallest absolute Gasteiger partial charge is 0.296 e. The van der Waals surface area contributed by atoms with Crippen molar-refractivity contribution in [2.45, 2.75) is 0 Å². The molecule has 0 aliphatic heterocycles. The summed E-state index contributed by atoms with van der Waals surface area (Å²) < 4.78 is 22.0. The van der Waals surface area contributed by atoms with E-state index in [0.29, 0.717) is 0 Å². The molecule has 0 fully saturated rings. The van der Waals surface area contributed by atoms with Gasteiger partial charge < -0.3 is 0 Å². The number of halogens is 1. The maximum absolute atomic E-state index is 12.9. The van der Waals surface area contributed by atoms with E-state index in [1.165, 1.54) is 26.4 Å². The third-order valence-electron chi connectivity index (χ3n) is 3.76. The van der Waals surface area contributed by atoms with Gasteiger partial charge in [0.25, 0.3) is 0 Å².